The monoisotopic (exact) mass is 571 g/mol. The standard InChI is InChI=1S/C16H14FNO.C8H17IN2OS/c17-14-7-5-13(6-8-14)16-15-4-2-1-3-12(15)9-10-18(16)11-19;1-7-2-3-8(6-12-7)10-4-5-11-13-9/h1-8,11,16H,9-10H2;7-8,10-11H,2-6H2,1H3/t16-;7-,8?/m00/s1. The normalized spacial score (nSPS) is 22.5. The molecule has 1 amide bonds. The van der Waals surface area contributed by atoms with Crippen LogP contribution in [0.1, 0.15) is 42.5 Å². The summed E-state index contributed by atoms with van der Waals surface area (Å²) in [5, 5.41) is 3.47. The van der Waals surface area contributed by atoms with Crippen LogP contribution in [0.2, 0.25) is 0 Å². The van der Waals surface area contributed by atoms with E-state index >= 15 is 0 Å². The molecule has 2 aromatic carbocycles. The van der Waals surface area contributed by atoms with E-state index < -0.39 is 0 Å². The van der Waals surface area contributed by atoms with E-state index in [2.05, 4.69) is 44.2 Å². The smallest absolute Gasteiger partial charge is 0.210 e. The molecule has 2 heterocycles. The number of rotatable bonds is 7. The number of carbonyl (C=O) groups is 1. The van der Waals surface area contributed by atoms with Crippen LogP contribution in [0, 0.1) is 5.82 Å². The lowest BCUT2D eigenvalue weighted by Gasteiger charge is -2.35. The van der Waals surface area contributed by atoms with Gasteiger partial charge in [0.25, 0.3) is 0 Å². The number of hydrogen-bond acceptors (Lipinski definition) is 5. The third-order valence-corrected chi connectivity index (χ3v) is 7.11. The van der Waals surface area contributed by atoms with Gasteiger partial charge in [-0.05, 0) is 64.1 Å². The Hall–Kier alpha value is -1.20. The minimum Gasteiger partial charge on any atom is -0.377 e. The molecule has 0 aromatic heterocycles. The van der Waals surface area contributed by atoms with Crippen molar-refractivity contribution in [1.82, 2.24) is 14.9 Å². The molecule has 1 fully saturated rings. The highest BCUT2D eigenvalue weighted by atomic mass is 127. The van der Waals surface area contributed by atoms with E-state index in [4.69, 9.17) is 4.74 Å². The minimum absolute atomic E-state index is 0.108. The Morgan fingerprint density at radius 1 is 1.19 bits per heavy atom. The summed E-state index contributed by atoms with van der Waals surface area (Å²) in [5.41, 5.74) is 3.34. The van der Waals surface area contributed by atoms with Gasteiger partial charge in [0.1, 0.15) is 5.82 Å². The van der Waals surface area contributed by atoms with Gasteiger partial charge in [0.15, 0.2) is 0 Å². The summed E-state index contributed by atoms with van der Waals surface area (Å²) in [5.74, 6) is -0.259. The van der Waals surface area contributed by atoms with Gasteiger partial charge < -0.3 is 15.0 Å². The van der Waals surface area contributed by atoms with E-state index in [1.165, 1.54) is 30.5 Å². The highest BCUT2D eigenvalue weighted by Gasteiger charge is 2.27. The van der Waals surface area contributed by atoms with Gasteiger partial charge in [-0.15, -0.1) is 0 Å². The van der Waals surface area contributed by atoms with Crippen molar-refractivity contribution in [2.75, 3.05) is 26.2 Å². The third-order valence-electron chi connectivity index (χ3n) is 5.86. The van der Waals surface area contributed by atoms with Gasteiger partial charge in [-0.2, -0.15) is 0 Å². The largest absolute Gasteiger partial charge is 0.377 e. The van der Waals surface area contributed by atoms with Crippen molar-refractivity contribution in [3.63, 3.8) is 0 Å². The molecule has 2 aliphatic heterocycles. The first-order valence-electron chi connectivity index (χ1n) is 11.0. The maximum absolute atomic E-state index is 13.0. The number of fused-ring (bicyclic) bond motifs is 1. The Kier molecular flexibility index (Phi) is 10.7. The van der Waals surface area contributed by atoms with Crippen molar-refractivity contribution in [3.05, 3.63) is 71.0 Å². The van der Waals surface area contributed by atoms with Gasteiger partial charge in [-0.3, -0.25) is 9.52 Å². The molecule has 5 nitrogen and oxygen atoms in total. The van der Waals surface area contributed by atoms with Crippen LogP contribution in [0.25, 0.3) is 0 Å². The SMILES string of the molecule is C[C@H]1CCC(NCCNSI)CO1.O=CN1CCc2ccccc2[C@@H]1c1ccc(F)cc1. The quantitative estimate of drug-likeness (QED) is 0.219. The fourth-order valence-electron chi connectivity index (χ4n) is 4.13. The van der Waals surface area contributed by atoms with Crippen LogP contribution in [0.4, 0.5) is 4.39 Å². The Labute approximate surface area is 206 Å². The molecule has 1 unspecified atom stereocenters. The second kappa shape index (κ2) is 13.5. The predicted octanol–water partition coefficient (Wildman–Crippen LogP) is 4.66. The Morgan fingerprint density at radius 2 is 1.97 bits per heavy atom. The molecule has 8 heteroatoms. The average molecular weight is 572 g/mol. The molecule has 1 saturated heterocycles. The van der Waals surface area contributed by atoms with E-state index in [1.807, 2.05) is 18.2 Å². The van der Waals surface area contributed by atoms with Crippen molar-refractivity contribution in [3.8, 4) is 0 Å². The molecule has 0 radical (unpaired) electrons. The summed E-state index contributed by atoms with van der Waals surface area (Å²) < 4.78 is 21.8. The number of halogens is 2. The molecule has 2 aromatic rings. The van der Waals surface area contributed by atoms with Crippen LogP contribution in [0.15, 0.2) is 48.5 Å². The Balaban J connectivity index is 0.000000195. The first-order chi connectivity index (χ1) is 15.6. The first-order valence-corrected chi connectivity index (χ1v) is 14.4. The van der Waals surface area contributed by atoms with Gasteiger partial charge in [0, 0.05) is 46.9 Å². The number of benzene rings is 2. The van der Waals surface area contributed by atoms with Gasteiger partial charge in [0.2, 0.25) is 6.41 Å². The molecular formula is C24H31FIN3O2S. The molecule has 32 heavy (non-hydrogen) atoms. The summed E-state index contributed by atoms with van der Waals surface area (Å²) in [6.45, 7) is 5.75. The zero-order valence-corrected chi connectivity index (χ0v) is 21.3. The molecule has 3 atom stereocenters. The highest BCUT2D eigenvalue weighted by Crippen LogP contribution is 2.34. The fourth-order valence-corrected chi connectivity index (χ4v) is 4.97. The van der Waals surface area contributed by atoms with Crippen molar-refractivity contribution in [2.45, 2.75) is 44.4 Å². The van der Waals surface area contributed by atoms with E-state index in [0.717, 1.165) is 43.7 Å². The third kappa shape index (κ3) is 7.41. The lowest BCUT2D eigenvalue weighted by molar-refractivity contribution is -0.119. The van der Waals surface area contributed by atoms with E-state index in [-0.39, 0.29) is 11.9 Å². The second-order valence-electron chi connectivity index (χ2n) is 8.09. The molecule has 2 aliphatic rings. The zero-order valence-electron chi connectivity index (χ0n) is 18.3. The summed E-state index contributed by atoms with van der Waals surface area (Å²) >= 11 is 2.24. The van der Waals surface area contributed by atoms with Crippen molar-refractivity contribution in [1.29, 1.82) is 0 Å². The highest BCUT2D eigenvalue weighted by molar-refractivity contribution is 14.2. The van der Waals surface area contributed by atoms with Crippen molar-refractivity contribution in [2.24, 2.45) is 0 Å². The van der Waals surface area contributed by atoms with Gasteiger partial charge in [0.05, 0.1) is 18.8 Å². The van der Waals surface area contributed by atoms with Gasteiger partial charge in [-0.25, -0.2) is 4.39 Å². The maximum Gasteiger partial charge on any atom is 0.210 e. The first kappa shape index (κ1) is 25.4. The predicted molar refractivity (Wildman–Crippen MR) is 137 cm³/mol. The number of hydrogen-bond donors (Lipinski definition) is 2. The lowest BCUT2D eigenvalue weighted by Crippen LogP contribution is -2.41. The maximum atomic E-state index is 13.0. The van der Waals surface area contributed by atoms with Crippen LogP contribution in [0.3, 0.4) is 0 Å². The molecule has 0 spiro atoms. The number of amides is 1. The molecule has 2 N–H and O–H groups in total. The fraction of sp³-hybridized carbons (Fsp3) is 0.458. The van der Waals surface area contributed by atoms with Crippen molar-refractivity contribution >= 4 is 36.7 Å². The van der Waals surface area contributed by atoms with E-state index in [9.17, 15) is 9.18 Å². The summed E-state index contributed by atoms with van der Waals surface area (Å²) in [4.78, 5) is 13.0. The summed E-state index contributed by atoms with van der Waals surface area (Å²) in [6, 6.07) is 15.0. The Bertz CT molecular complexity index is 834. The molecule has 0 aliphatic carbocycles. The lowest BCUT2D eigenvalue weighted by atomic mass is 9.88. The summed E-state index contributed by atoms with van der Waals surface area (Å²) in [7, 11) is 1.64. The minimum atomic E-state index is -0.259. The van der Waals surface area contributed by atoms with E-state index in [1.54, 1.807) is 26.2 Å². The molecule has 174 valence electrons. The van der Waals surface area contributed by atoms with Gasteiger partial charge >= 0.3 is 0 Å². The molecule has 4 rings (SSSR count). The Morgan fingerprint density at radius 3 is 2.66 bits per heavy atom. The number of carbonyl (C=O) groups excluding carboxylic acids is 1. The van der Waals surface area contributed by atoms with Crippen LogP contribution in [-0.2, 0) is 16.0 Å². The van der Waals surface area contributed by atoms with Gasteiger partial charge in [-0.1, -0.05) is 36.4 Å². The van der Waals surface area contributed by atoms with Crippen LogP contribution >= 0.6 is 30.3 Å². The van der Waals surface area contributed by atoms with Crippen LogP contribution in [-0.4, -0.2) is 49.7 Å². The molecule has 0 saturated carbocycles. The summed E-state index contributed by atoms with van der Waals surface area (Å²) in [6.07, 6.45) is 4.64. The van der Waals surface area contributed by atoms with E-state index in [0.29, 0.717) is 18.7 Å². The molecular weight excluding hydrogens is 540 g/mol. The molecule has 0 bridgehead atoms. The average Bonchev–Trinajstić information content (AvgIpc) is 2.83. The number of nitrogens with zero attached hydrogens (tertiary/aromatic N) is 1. The zero-order chi connectivity index (χ0) is 22.8. The second-order valence-corrected chi connectivity index (χ2v) is 9.85. The number of nitrogens with one attached hydrogen (secondary N) is 2. The number of ether oxygens (including phenoxy) is 1. The van der Waals surface area contributed by atoms with Crippen molar-refractivity contribution < 1.29 is 13.9 Å². The van der Waals surface area contributed by atoms with Crippen LogP contribution < -0.4 is 10.0 Å². The topological polar surface area (TPSA) is 53.6 Å². The van der Waals surface area contributed by atoms with Crippen LogP contribution in [0.5, 0.6) is 0 Å².